The Balaban J connectivity index is 2.93. The Labute approximate surface area is 104 Å². The van der Waals surface area contributed by atoms with Crippen LogP contribution in [-0.4, -0.2) is 46.2 Å². The van der Waals surface area contributed by atoms with Crippen LogP contribution in [0.3, 0.4) is 0 Å². The molecule has 0 aromatic carbocycles. The Morgan fingerprint density at radius 3 is 2.67 bits per heavy atom. The number of aliphatic hydroxyl groups excluding tert-OH is 1. The molecule has 2 N–H and O–H groups in total. The number of aromatic amines is 1. The van der Waals surface area contributed by atoms with Gasteiger partial charge in [-0.2, -0.15) is 0 Å². The normalized spacial score (nSPS) is 12.2. The van der Waals surface area contributed by atoms with Crippen LogP contribution in [-0.2, 0) is 11.3 Å². The van der Waals surface area contributed by atoms with Gasteiger partial charge in [0.05, 0.1) is 5.92 Å². The van der Waals surface area contributed by atoms with Crippen molar-refractivity contribution < 1.29 is 9.90 Å². The van der Waals surface area contributed by atoms with Crippen LogP contribution in [0, 0.1) is 5.92 Å². The highest BCUT2D eigenvalue weighted by Gasteiger charge is 2.20. The smallest absolute Gasteiger partial charge is 0.328 e. The second kappa shape index (κ2) is 6.15. The highest BCUT2D eigenvalue weighted by atomic mass is 16.3. The van der Waals surface area contributed by atoms with Gasteiger partial charge >= 0.3 is 5.69 Å². The summed E-state index contributed by atoms with van der Waals surface area (Å²) in [5.74, 6) is -0.657. The Morgan fingerprint density at radius 1 is 1.50 bits per heavy atom. The van der Waals surface area contributed by atoms with Crippen LogP contribution in [0.5, 0.6) is 0 Å². The SMILES string of the molecule is CN(C)C(=O)C(CCO)Cn1ccc(=O)[nH]c1=O. The Hall–Kier alpha value is -1.89. The molecule has 1 rings (SSSR count). The van der Waals surface area contributed by atoms with Crippen LogP contribution in [0.4, 0.5) is 0 Å². The van der Waals surface area contributed by atoms with E-state index in [4.69, 9.17) is 5.11 Å². The third kappa shape index (κ3) is 3.56. The lowest BCUT2D eigenvalue weighted by atomic mass is 10.0. The first-order chi connectivity index (χ1) is 8.45. The van der Waals surface area contributed by atoms with Gasteiger partial charge in [-0.25, -0.2) is 4.79 Å². The van der Waals surface area contributed by atoms with E-state index in [1.807, 2.05) is 0 Å². The molecule has 7 heteroatoms. The van der Waals surface area contributed by atoms with Crippen LogP contribution in [0.15, 0.2) is 21.9 Å². The van der Waals surface area contributed by atoms with Gasteiger partial charge in [0, 0.05) is 39.5 Å². The summed E-state index contributed by atoms with van der Waals surface area (Å²) >= 11 is 0. The molecule has 100 valence electrons. The fourth-order valence-electron chi connectivity index (χ4n) is 1.64. The molecule has 0 aliphatic carbocycles. The molecule has 0 saturated carbocycles. The van der Waals surface area contributed by atoms with Crippen LogP contribution in [0.25, 0.3) is 0 Å². The fraction of sp³-hybridized carbons (Fsp3) is 0.545. The van der Waals surface area contributed by atoms with Gasteiger partial charge < -0.3 is 10.0 Å². The summed E-state index contributed by atoms with van der Waals surface area (Å²) in [6.07, 6.45) is 1.61. The van der Waals surface area contributed by atoms with Gasteiger partial charge in [-0.3, -0.25) is 19.1 Å². The fourth-order valence-corrected chi connectivity index (χ4v) is 1.64. The van der Waals surface area contributed by atoms with Crippen molar-refractivity contribution in [1.82, 2.24) is 14.5 Å². The standard InChI is InChI=1S/C11H17N3O4/c1-13(2)10(17)8(4-6-15)7-14-5-3-9(16)12-11(14)18/h3,5,8,15H,4,6-7H2,1-2H3,(H,12,16,18). The van der Waals surface area contributed by atoms with Crippen molar-refractivity contribution in [2.45, 2.75) is 13.0 Å². The van der Waals surface area contributed by atoms with Crippen molar-refractivity contribution in [3.05, 3.63) is 33.1 Å². The predicted octanol–water partition coefficient (Wildman–Crippen LogP) is -1.38. The number of nitrogens with zero attached hydrogens (tertiary/aromatic N) is 2. The minimum absolute atomic E-state index is 0.132. The number of nitrogens with one attached hydrogen (secondary N) is 1. The molecular weight excluding hydrogens is 238 g/mol. The Morgan fingerprint density at radius 2 is 2.17 bits per heavy atom. The van der Waals surface area contributed by atoms with Crippen molar-refractivity contribution in [1.29, 1.82) is 0 Å². The summed E-state index contributed by atoms with van der Waals surface area (Å²) in [5.41, 5.74) is -1.04. The van der Waals surface area contributed by atoms with Crippen molar-refractivity contribution in [3.8, 4) is 0 Å². The van der Waals surface area contributed by atoms with Gasteiger partial charge in [-0.15, -0.1) is 0 Å². The summed E-state index contributed by atoms with van der Waals surface area (Å²) in [6.45, 7) is -0.00443. The zero-order valence-electron chi connectivity index (χ0n) is 10.4. The van der Waals surface area contributed by atoms with E-state index in [-0.39, 0.29) is 25.5 Å². The van der Waals surface area contributed by atoms with Crippen LogP contribution in [0.2, 0.25) is 0 Å². The molecule has 0 spiro atoms. The van der Waals surface area contributed by atoms with Crippen LogP contribution < -0.4 is 11.2 Å². The molecule has 1 amide bonds. The average Bonchev–Trinajstić information content (AvgIpc) is 2.30. The van der Waals surface area contributed by atoms with E-state index in [0.717, 1.165) is 0 Å². The molecule has 1 atom stereocenters. The number of H-pyrrole nitrogens is 1. The lowest BCUT2D eigenvalue weighted by molar-refractivity contribution is -0.134. The molecule has 1 unspecified atom stereocenters. The van der Waals surface area contributed by atoms with Gasteiger partial charge in [0.15, 0.2) is 0 Å². The first kappa shape index (κ1) is 14.2. The number of rotatable bonds is 5. The molecule has 1 heterocycles. The van der Waals surface area contributed by atoms with Gasteiger partial charge in [-0.05, 0) is 6.42 Å². The highest BCUT2D eigenvalue weighted by Crippen LogP contribution is 2.08. The minimum atomic E-state index is -0.558. The van der Waals surface area contributed by atoms with E-state index in [9.17, 15) is 14.4 Å². The molecule has 0 saturated heterocycles. The number of aromatic nitrogens is 2. The number of hydrogen-bond acceptors (Lipinski definition) is 4. The molecular formula is C11H17N3O4. The topological polar surface area (TPSA) is 95.4 Å². The zero-order chi connectivity index (χ0) is 13.7. The maximum absolute atomic E-state index is 11.8. The maximum atomic E-state index is 11.8. The third-order valence-electron chi connectivity index (χ3n) is 2.58. The quantitative estimate of drug-likeness (QED) is 0.678. The van der Waals surface area contributed by atoms with E-state index in [2.05, 4.69) is 4.98 Å². The largest absolute Gasteiger partial charge is 0.396 e. The molecule has 0 aliphatic rings. The number of carbonyl (C=O) groups is 1. The van der Waals surface area contributed by atoms with Gasteiger partial charge in [0.2, 0.25) is 5.91 Å². The summed E-state index contributed by atoms with van der Waals surface area (Å²) in [4.78, 5) is 37.8. The van der Waals surface area contributed by atoms with E-state index < -0.39 is 17.2 Å². The van der Waals surface area contributed by atoms with Crippen LogP contribution in [0.1, 0.15) is 6.42 Å². The van der Waals surface area contributed by atoms with Gasteiger partial charge in [-0.1, -0.05) is 0 Å². The van der Waals surface area contributed by atoms with Crippen LogP contribution >= 0.6 is 0 Å². The highest BCUT2D eigenvalue weighted by molar-refractivity contribution is 5.78. The lowest BCUT2D eigenvalue weighted by Crippen LogP contribution is -2.37. The number of amides is 1. The molecule has 1 aromatic rings. The van der Waals surface area contributed by atoms with Crippen molar-refractivity contribution >= 4 is 5.91 Å². The lowest BCUT2D eigenvalue weighted by Gasteiger charge is -2.20. The number of carbonyl (C=O) groups excluding carboxylic acids is 1. The predicted molar refractivity (Wildman–Crippen MR) is 65.2 cm³/mol. The summed E-state index contributed by atoms with van der Waals surface area (Å²) in [6, 6.07) is 1.22. The first-order valence-electron chi connectivity index (χ1n) is 5.57. The third-order valence-corrected chi connectivity index (χ3v) is 2.58. The molecule has 1 aromatic heterocycles. The average molecular weight is 255 g/mol. The van der Waals surface area contributed by atoms with E-state index in [1.165, 1.54) is 21.7 Å². The summed E-state index contributed by atoms with van der Waals surface area (Å²) < 4.78 is 1.25. The molecule has 0 fully saturated rings. The number of aliphatic hydroxyl groups is 1. The molecule has 0 aliphatic heterocycles. The first-order valence-corrected chi connectivity index (χ1v) is 5.57. The minimum Gasteiger partial charge on any atom is -0.396 e. The molecule has 18 heavy (non-hydrogen) atoms. The van der Waals surface area contributed by atoms with Crippen molar-refractivity contribution in [2.75, 3.05) is 20.7 Å². The van der Waals surface area contributed by atoms with Gasteiger partial charge in [0.25, 0.3) is 5.56 Å². The Kier molecular flexibility index (Phi) is 4.85. The summed E-state index contributed by atoms with van der Waals surface area (Å²) in [7, 11) is 3.23. The molecule has 0 bridgehead atoms. The van der Waals surface area contributed by atoms with Crippen molar-refractivity contribution in [2.24, 2.45) is 5.92 Å². The Bertz CT molecular complexity index is 518. The second-order valence-electron chi connectivity index (χ2n) is 4.20. The van der Waals surface area contributed by atoms with E-state index in [1.54, 1.807) is 14.1 Å². The summed E-state index contributed by atoms with van der Waals surface area (Å²) in [5, 5.41) is 8.94. The monoisotopic (exact) mass is 255 g/mol. The molecule has 7 nitrogen and oxygen atoms in total. The van der Waals surface area contributed by atoms with E-state index in [0.29, 0.717) is 0 Å². The maximum Gasteiger partial charge on any atom is 0.328 e. The molecule has 0 radical (unpaired) electrons. The number of hydrogen-bond donors (Lipinski definition) is 2. The van der Waals surface area contributed by atoms with Gasteiger partial charge in [0.1, 0.15) is 0 Å². The zero-order valence-corrected chi connectivity index (χ0v) is 10.4. The van der Waals surface area contributed by atoms with Crippen molar-refractivity contribution in [3.63, 3.8) is 0 Å². The van der Waals surface area contributed by atoms with E-state index >= 15 is 0 Å². The second-order valence-corrected chi connectivity index (χ2v) is 4.20.